The van der Waals surface area contributed by atoms with Crippen LogP contribution >= 0.6 is 0 Å². The zero-order valence-electron chi connectivity index (χ0n) is 7.93. The zero-order chi connectivity index (χ0) is 10.8. The van der Waals surface area contributed by atoms with Crippen LogP contribution in [0.3, 0.4) is 0 Å². The van der Waals surface area contributed by atoms with Gasteiger partial charge in [0, 0.05) is 5.56 Å². The number of carboxylic acids is 1. The molecule has 2 aromatic heterocycles. The zero-order valence-corrected chi connectivity index (χ0v) is 7.93. The van der Waals surface area contributed by atoms with Gasteiger partial charge in [-0.3, -0.25) is 4.79 Å². The van der Waals surface area contributed by atoms with Crippen molar-refractivity contribution in [2.45, 2.75) is 13.3 Å². The van der Waals surface area contributed by atoms with Gasteiger partial charge >= 0.3 is 5.97 Å². The van der Waals surface area contributed by atoms with Crippen LogP contribution in [-0.4, -0.2) is 21.4 Å². The van der Waals surface area contributed by atoms with Gasteiger partial charge in [0.05, 0.1) is 24.4 Å². The second-order valence-electron chi connectivity index (χ2n) is 3.05. The summed E-state index contributed by atoms with van der Waals surface area (Å²) in [7, 11) is 0. The molecule has 0 bridgehead atoms. The van der Waals surface area contributed by atoms with Gasteiger partial charge in [0.2, 0.25) is 0 Å². The minimum atomic E-state index is -0.937. The normalized spacial score (nSPS) is 10.5. The Labute approximate surface area is 84.5 Å². The Balaban J connectivity index is 2.41. The van der Waals surface area contributed by atoms with Gasteiger partial charge in [0.1, 0.15) is 5.76 Å². The summed E-state index contributed by atoms with van der Waals surface area (Å²) in [5.74, 6) is 0.0306. The van der Waals surface area contributed by atoms with E-state index in [2.05, 4.69) is 10.3 Å². The highest BCUT2D eigenvalue weighted by Crippen LogP contribution is 2.26. The monoisotopic (exact) mass is 208 g/mol. The van der Waals surface area contributed by atoms with Crippen molar-refractivity contribution in [3.05, 3.63) is 23.7 Å². The van der Waals surface area contributed by atoms with E-state index < -0.39 is 5.97 Å². The van der Waals surface area contributed by atoms with Gasteiger partial charge in [-0.05, 0) is 6.92 Å². The van der Waals surface area contributed by atoms with E-state index in [1.165, 1.54) is 12.4 Å². The highest BCUT2D eigenvalue weighted by atomic mass is 16.5. The summed E-state index contributed by atoms with van der Waals surface area (Å²) in [5, 5.41) is 15.8. The molecule has 0 spiro atoms. The smallest absolute Gasteiger partial charge is 0.308 e. The van der Waals surface area contributed by atoms with Crippen LogP contribution in [0.2, 0.25) is 0 Å². The fourth-order valence-corrected chi connectivity index (χ4v) is 1.29. The second kappa shape index (κ2) is 3.56. The maximum Gasteiger partial charge on any atom is 0.308 e. The Morgan fingerprint density at radius 1 is 1.40 bits per heavy atom. The Morgan fingerprint density at radius 3 is 2.73 bits per heavy atom. The van der Waals surface area contributed by atoms with Crippen molar-refractivity contribution >= 4 is 5.97 Å². The summed E-state index contributed by atoms with van der Waals surface area (Å²) >= 11 is 0. The second-order valence-corrected chi connectivity index (χ2v) is 3.05. The van der Waals surface area contributed by atoms with Crippen molar-refractivity contribution in [2.75, 3.05) is 0 Å². The SMILES string of the molecule is Cc1oncc1-c1oncc1CC(=O)O. The molecule has 0 aromatic carbocycles. The molecule has 0 saturated carbocycles. The lowest BCUT2D eigenvalue weighted by Crippen LogP contribution is -1.99. The molecule has 0 aliphatic rings. The summed E-state index contributed by atoms with van der Waals surface area (Å²) in [6.45, 7) is 1.72. The van der Waals surface area contributed by atoms with Crippen molar-refractivity contribution in [1.82, 2.24) is 10.3 Å². The molecule has 0 aliphatic heterocycles. The number of carbonyl (C=O) groups is 1. The Morgan fingerprint density at radius 2 is 2.13 bits per heavy atom. The predicted octanol–water partition coefficient (Wildman–Crippen LogP) is 1.27. The molecule has 15 heavy (non-hydrogen) atoms. The molecule has 6 heteroatoms. The number of rotatable bonds is 3. The van der Waals surface area contributed by atoms with E-state index in [9.17, 15) is 4.79 Å². The molecule has 1 N–H and O–H groups in total. The highest BCUT2D eigenvalue weighted by Gasteiger charge is 2.17. The first-order valence-electron chi connectivity index (χ1n) is 4.25. The molecule has 6 nitrogen and oxygen atoms in total. The number of aromatic nitrogens is 2. The van der Waals surface area contributed by atoms with Crippen LogP contribution in [-0.2, 0) is 11.2 Å². The average Bonchev–Trinajstić information content (AvgIpc) is 2.73. The average molecular weight is 208 g/mol. The summed E-state index contributed by atoms with van der Waals surface area (Å²) in [6.07, 6.45) is 2.72. The maximum absolute atomic E-state index is 10.6. The van der Waals surface area contributed by atoms with Crippen LogP contribution in [0.4, 0.5) is 0 Å². The Hall–Kier alpha value is -2.11. The highest BCUT2D eigenvalue weighted by molar-refractivity contribution is 5.74. The van der Waals surface area contributed by atoms with Crippen LogP contribution < -0.4 is 0 Å². The predicted molar refractivity (Wildman–Crippen MR) is 48.1 cm³/mol. The maximum atomic E-state index is 10.6. The molecule has 0 aliphatic carbocycles. The van der Waals surface area contributed by atoms with E-state index in [1.54, 1.807) is 6.92 Å². The summed E-state index contributed by atoms with van der Waals surface area (Å²) < 4.78 is 9.84. The summed E-state index contributed by atoms with van der Waals surface area (Å²) in [5.41, 5.74) is 1.14. The molecular weight excluding hydrogens is 200 g/mol. The van der Waals surface area contributed by atoms with Gasteiger partial charge in [0.25, 0.3) is 0 Å². The van der Waals surface area contributed by atoms with E-state index in [0.717, 1.165) is 0 Å². The molecule has 0 radical (unpaired) electrons. The largest absolute Gasteiger partial charge is 0.481 e. The van der Waals surface area contributed by atoms with E-state index in [1.807, 2.05) is 0 Å². The van der Waals surface area contributed by atoms with Crippen molar-refractivity contribution in [3.8, 4) is 11.3 Å². The Bertz CT molecular complexity index is 486. The first kappa shape index (κ1) is 9.45. The third-order valence-corrected chi connectivity index (χ3v) is 1.98. The van der Waals surface area contributed by atoms with Gasteiger partial charge in [-0.15, -0.1) is 0 Å². The quantitative estimate of drug-likeness (QED) is 0.816. The fraction of sp³-hybridized carbons (Fsp3) is 0.222. The lowest BCUT2D eigenvalue weighted by atomic mass is 10.1. The number of carboxylic acid groups (broad SMARTS) is 1. The Kier molecular flexibility index (Phi) is 2.24. The molecule has 2 aromatic rings. The topological polar surface area (TPSA) is 89.4 Å². The van der Waals surface area contributed by atoms with Gasteiger partial charge < -0.3 is 14.2 Å². The van der Waals surface area contributed by atoms with Crippen LogP contribution in [0.15, 0.2) is 21.4 Å². The van der Waals surface area contributed by atoms with E-state index in [-0.39, 0.29) is 6.42 Å². The molecule has 0 atom stereocenters. The van der Waals surface area contributed by atoms with Crippen LogP contribution in [0.25, 0.3) is 11.3 Å². The first-order chi connectivity index (χ1) is 7.18. The number of hydrogen-bond donors (Lipinski definition) is 1. The number of aryl methyl sites for hydroxylation is 1. The standard InChI is InChI=1S/C9H8N2O4/c1-5-7(4-11-14-5)9-6(2-8(12)13)3-10-15-9/h3-4H,2H2,1H3,(H,12,13). The van der Waals surface area contributed by atoms with Crippen molar-refractivity contribution < 1.29 is 18.9 Å². The lowest BCUT2D eigenvalue weighted by molar-refractivity contribution is -0.136. The molecule has 2 rings (SSSR count). The molecule has 0 unspecified atom stereocenters. The molecular formula is C9H8N2O4. The molecule has 78 valence electrons. The van der Waals surface area contributed by atoms with E-state index >= 15 is 0 Å². The van der Waals surface area contributed by atoms with Crippen molar-refractivity contribution in [3.63, 3.8) is 0 Å². The molecule has 0 amide bonds. The van der Waals surface area contributed by atoms with E-state index in [4.69, 9.17) is 14.2 Å². The molecule has 0 fully saturated rings. The van der Waals surface area contributed by atoms with Crippen LogP contribution in [0, 0.1) is 6.92 Å². The number of nitrogens with zero attached hydrogens (tertiary/aromatic N) is 2. The first-order valence-corrected chi connectivity index (χ1v) is 4.25. The molecule has 0 saturated heterocycles. The van der Waals surface area contributed by atoms with Gasteiger partial charge in [-0.25, -0.2) is 0 Å². The molecule has 2 heterocycles. The minimum Gasteiger partial charge on any atom is -0.481 e. The minimum absolute atomic E-state index is 0.135. The third kappa shape index (κ3) is 1.74. The number of aliphatic carboxylic acids is 1. The van der Waals surface area contributed by atoms with Gasteiger partial charge in [-0.1, -0.05) is 10.3 Å². The van der Waals surface area contributed by atoms with Gasteiger partial charge in [-0.2, -0.15) is 0 Å². The van der Waals surface area contributed by atoms with Crippen LogP contribution in [0.5, 0.6) is 0 Å². The fourth-order valence-electron chi connectivity index (χ4n) is 1.29. The van der Waals surface area contributed by atoms with Crippen molar-refractivity contribution in [1.29, 1.82) is 0 Å². The number of hydrogen-bond acceptors (Lipinski definition) is 5. The van der Waals surface area contributed by atoms with Crippen LogP contribution in [0.1, 0.15) is 11.3 Å². The van der Waals surface area contributed by atoms with Gasteiger partial charge in [0.15, 0.2) is 5.76 Å². The van der Waals surface area contributed by atoms with Crippen molar-refractivity contribution in [2.24, 2.45) is 0 Å². The third-order valence-electron chi connectivity index (χ3n) is 1.98. The lowest BCUT2D eigenvalue weighted by Gasteiger charge is -1.94. The summed E-state index contributed by atoms with van der Waals surface area (Å²) in [6, 6.07) is 0. The van der Waals surface area contributed by atoms with E-state index in [0.29, 0.717) is 22.6 Å². The summed E-state index contributed by atoms with van der Waals surface area (Å²) in [4.78, 5) is 10.6.